The molecular weight excluding hydrogens is 375 g/mol. The Morgan fingerprint density at radius 3 is 2.89 bits per heavy atom. The van der Waals surface area contributed by atoms with Gasteiger partial charge in [0, 0.05) is 16.3 Å². The molecule has 1 aromatic carbocycles. The van der Waals surface area contributed by atoms with Crippen LogP contribution in [0.1, 0.15) is 5.82 Å². The quantitative estimate of drug-likeness (QED) is 0.646. The minimum absolute atomic E-state index is 0.0485. The zero-order valence-corrected chi connectivity index (χ0v) is 13.5. The van der Waals surface area contributed by atoms with Crippen molar-refractivity contribution < 1.29 is 4.79 Å². The average molecular weight is 388 g/mol. The molecule has 5 nitrogen and oxygen atoms in total. The van der Waals surface area contributed by atoms with Crippen LogP contribution in [0.5, 0.6) is 0 Å². The number of anilines is 1. The Kier molecular flexibility index (Phi) is 4.81. The minimum atomic E-state index is -0.0485. The van der Waals surface area contributed by atoms with Gasteiger partial charge in [0.25, 0.3) is 0 Å². The Morgan fingerprint density at radius 2 is 2.26 bits per heavy atom. The minimum Gasteiger partial charge on any atom is -0.325 e. The van der Waals surface area contributed by atoms with Crippen molar-refractivity contribution in [2.45, 2.75) is 12.1 Å². The normalized spacial score (nSPS) is 10.5. The highest BCUT2D eigenvalue weighted by atomic mass is 127. The fraction of sp³-hybridized carbons (Fsp3) is 0.250. The summed E-state index contributed by atoms with van der Waals surface area (Å²) in [4.78, 5) is 11.8. The van der Waals surface area contributed by atoms with Gasteiger partial charge in [-0.25, -0.2) is 0 Å². The van der Waals surface area contributed by atoms with Crippen LogP contribution in [-0.2, 0) is 11.8 Å². The molecule has 1 N–H and O–H groups in total. The van der Waals surface area contributed by atoms with Crippen LogP contribution in [0, 0.1) is 10.5 Å². The summed E-state index contributed by atoms with van der Waals surface area (Å²) in [6, 6.07) is 7.69. The standard InChI is InChI=1S/C12H13IN4OS/c1-8-15-16-12(17(8)2)19-7-11(18)14-10-5-3-4-9(13)6-10/h3-6H,7H2,1-2H3,(H,14,18). The van der Waals surface area contributed by atoms with Gasteiger partial charge in [-0.1, -0.05) is 17.8 Å². The number of nitrogens with zero attached hydrogens (tertiary/aromatic N) is 3. The van der Waals surface area contributed by atoms with Crippen molar-refractivity contribution in [3.8, 4) is 0 Å². The molecule has 2 aromatic rings. The number of rotatable bonds is 4. The van der Waals surface area contributed by atoms with Gasteiger partial charge in [-0.15, -0.1) is 10.2 Å². The number of thioether (sulfide) groups is 1. The molecule has 7 heteroatoms. The number of hydrogen-bond donors (Lipinski definition) is 1. The number of nitrogens with one attached hydrogen (secondary N) is 1. The average Bonchev–Trinajstić information content (AvgIpc) is 2.68. The second-order valence-corrected chi connectivity index (χ2v) is 6.12. The molecular formula is C12H13IN4OS. The van der Waals surface area contributed by atoms with Crippen LogP contribution in [0.4, 0.5) is 5.69 Å². The van der Waals surface area contributed by atoms with Gasteiger partial charge in [0.2, 0.25) is 5.91 Å². The maximum atomic E-state index is 11.8. The summed E-state index contributed by atoms with van der Waals surface area (Å²) >= 11 is 3.59. The van der Waals surface area contributed by atoms with E-state index >= 15 is 0 Å². The zero-order valence-electron chi connectivity index (χ0n) is 10.6. The van der Waals surface area contributed by atoms with E-state index in [1.165, 1.54) is 11.8 Å². The van der Waals surface area contributed by atoms with E-state index in [2.05, 4.69) is 38.1 Å². The third kappa shape index (κ3) is 3.93. The lowest BCUT2D eigenvalue weighted by Crippen LogP contribution is -2.14. The van der Waals surface area contributed by atoms with Crippen LogP contribution in [0.25, 0.3) is 0 Å². The molecule has 2 rings (SSSR count). The van der Waals surface area contributed by atoms with Crippen molar-refractivity contribution in [3.63, 3.8) is 0 Å². The lowest BCUT2D eigenvalue weighted by molar-refractivity contribution is -0.113. The SMILES string of the molecule is Cc1nnc(SCC(=O)Nc2cccc(I)c2)n1C. The Morgan fingerprint density at radius 1 is 1.47 bits per heavy atom. The maximum absolute atomic E-state index is 11.8. The van der Waals surface area contributed by atoms with Gasteiger partial charge >= 0.3 is 0 Å². The van der Waals surface area contributed by atoms with Crippen LogP contribution in [-0.4, -0.2) is 26.4 Å². The van der Waals surface area contributed by atoms with Crippen LogP contribution in [0.2, 0.25) is 0 Å². The van der Waals surface area contributed by atoms with E-state index < -0.39 is 0 Å². The maximum Gasteiger partial charge on any atom is 0.234 e. The van der Waals surface area contributed by atoms with Crippen molar-refractivity contribution in [1.82, 2.24) is 14.8 Å². The first-order valence-electron chi connectivity index (χ1n) is 5.60. The smallest absolute Gasteiger partial charge is 0.234 e. The summed E-state index contributed by atoms with van der Waals surface area (Å²) in [6.45, 7) is 1.88. The molecule has 0 atom stereocenters. The first-order valence-corrected chi connectivity index (χ1v) is 7.67. The topological polar surface area (TPSA) is 59.8 Å². The number of halogens is 1. The van der Waals surface area contributed by atoms with E-state index in [1.807, 2.05) is 42.8 Å². The van der Waals surface area contributed by atoms with Gasteiger partial charge in [0.15, 0.2) is 5.16 Å². The van der Waals surface area contributed by atoms with Gasteiger partial charge in [-0.3, -0.25) is 4.79 Å². The van der Waals surface area contributed by atoms with Gasteiger partial charge in [-0.2, -0.15) is 0 Å². The van der Waals surface area contributed by atoms with E-state index in [-0.39, 0.29) is 5.91 Å². The van der Waals surface area contributed by atoms with Gasteiger partial charge in [0.1, 0.15) is 5.82 Å². The van der Waals surface area contributed by atoms with E-state index in [1.54, 1.807) is 0 Å². The van der Waals surface area contributed by atoms with E-state index in [0.717, 1.165) is 20.2 Å². The Hall–Kier alpha value is -1.09. The second-order valence-electron chi connectivity index (χ2n) is 3.94. The Labute approximate surface area is 129 Å². The number of carbonyl (C=O) groups excluding carboxylic acids is 1. The number of carbonyl (C=O) groups is 1. The third-order valence-corrected chi connectivity index (χ3v) is 4.18. The van der Waals surface area contributed by atoms with E-state index in [9.17, 15) is 4.79 Å². The molecule has 0 unspecified atom stereocenters. The van der Waals surface area contributed by atoms with Gasteiger partial charge in [-0.05, 0) is 47.7 Å². The molecule has 1 heterocycles. The Balaban J connectivity index is 1.90. The number of aryl methyl sites for hydroxylation is 1. The molecule has 19 heavy (non-hydrogen) atoms. The lowest BCUT2D eigenvalue weighted by atomic mass is 10.3. The predicted molar refractivity (Wildman–Crippen MR) is 84.3 cm³/mol. The van der Waals surface area contributed by atoms with E-state index in [4.69, 9.17) is 0 Å². The van der Waals surface area contributed by atoms with Crippen molar-refractivity contribution in [3.05, 3.63) is 33.7 Å². The molecule has 0 saturated carbocycles. The molecule has 0 radical (unpaired) electrons. The highest BCUT2D eigenvalue weighted by molar-refractivity contribution is 14.1. The second kappa shape index (κ2) is 6.38. The summed E-state index contributed by atoms with van der Waals surface area (Å²) in [5, 5.41) is 11.6. The number of benzene rings is 1. The van der Waals surface area contributed by atoms with Crippen molar-refractivity contribution in [1.29, 1.82) is 0 Å². The van der Waals surface area contributed by atoms with Gasteiger partial charge in [0.05, 0.1) is 5.75 Å². The lowest BCUT2D eigenvalue weighted by Gasteiger charge is -2.05. The van der Waals surface area contributed by atoms with Crippen LogP contribution in [0.15, 0.2) is 29.4 Å². The molecule has 100 valence electrons. The molecule has 0 spiro atoms. The van der Waals surface area contributed by atoms with Gasteiger partial charge < -0.3 is 9.88 Å². The molecule has 0 aliphatic carbocycles. The molecule has 0 fully saturated rings. The highest BCUT2D eigenvalue weighted by Gasteiger charge is 2.09. The fourth-order valence-corrected chi connectivity index (χ4v) is 2.71. The predicted octanol–water partition coefficient (Wildman–Crippen LogP) is 2.46. The molecule has 1 amide bonds. The zero-order chi connectivity index (χ0) is 13.8. The monoisotopic (exact) mass is 388 g/mol. The molecule has 1 aromatic heterocycles. The number of hydrogen-bond acceptors (Lipinski definition) is 4. The summed E-state index contributed by atoms with van der Waals surface area (Å²) in [6.07, 6.45) is 0. The molecule has 0 aliphatic rings. The summed E-state index contributed by atoms with van der Waals surface area (Å²) < 4.78 is 2.95. The highest BCUT2D eigenvalue weighted by Crippen LogP contribution is 2.16. The largest absolute Gasteiger partial charge is 0.325 e. The van der Waals surface area contributed by atoms with Crippen molar-refractivity contribution in [2.24, 2.45) is 7.05 Å². The number of aromatic nitrogens is 3. The molecule has 0 bridgehead atoms. The molecule has 0 saturated heterocycles. The van der Waals surface area contributed by atoms with E-state index in [0.29, 0.717) is 5.75 Å². The van der Waals surface area contributed by atoms with Crippen LogP contribution >= 0.6 is 34.4 Å². The van der Waals surface area contributed by atoms with Crippen LogP contribution < -0.4 is 5.32 Å². The van der Waals surface area contributed by atoms with Crippen molar-refractivity contribution in [2.75, 3.05) is 11.1 Å². The summed E-state index contributed by atoms with van der Waals surface area (Å²) in [5.74, 6) is 1.10. The van der Waals surface area contributed by atoms with Crippen LogP contribution in [0.3, 0.4) is 0 Å². The molecule has 0 aliphatic heterocycles. The third-order valence-electron chi connectivity index (χ3n) is 2.49. The first-order chi connectivity index (χ1) is 9.06. The Bertz CT molecular complexity index is 599. The first kappa shape index (κ1) is 14.3. The van der Waals surface area contributed by atoms with Crippen molar-refractivity contribution >= 4 is 45.9 Å². The summed E-state index contributed by atoms with van der Waals surface area (Å²) in [7, 11) is 1.88. The fourth-order valence-electron chi connectivity index (χ4n) is 1.41. The number of amides is 1. The summed E-state index contributed by atoms with van der Waals surface area (Å²) in [5.41, 5.74) is 0.812.